The Labute approximate surface area is 112 Å². The van der Waals surface area contributed by atoms with Gasteiger partial charge >= 0.3 is 5.97 Å². The van der Waals surface area contributed by atoms with E-state index in [1.54, 1.807) is 0 Å². The van der Waals surface area contributed by atoms with Crippen LogP contribution in [0.3, 0.4) is 0 Å². The van der Waals surface area contributed by atoms with E-state index in [1.165, 1.54) is 12.3 Å². The molecule has 0 bridgehead atoms. The largest absolute Gasteiger partial charge is 0.478 e. The third-order valence-electron chi connectivity index (χ3n) is 3.21. The van der Waals surface area contributed by atoms with E-state index >= 15 is 0 Å². The number of anilines is 2. The number of nitrogen functional groups attached to an aromatic ring is 1. The molecule has 1 aromatic rings. The first kappa shape index (κ1) is 13.6. The number of nitrogens with zero attached hydrogens (tertiary/aromatic N) is 1. The molecule has 1 aliphatic heterocycles. The van der Waals surface area contributed by atoms with Gasteiger partial charge in [0.25, 0.3) is 0 Å². The molecule has 2 heterocycles. The quantitative estimate of drug-likeness (QED) is 0.770. The van der Waals surface area contributed by atoms with Crippen LogP contribution < -0.4 is 11.1 Å². The van der Waals surface area contributed by atoms with Gasteiger partial charge in [-0.15, -0.1) is 0 Å². The van der Waals surface area contributed by atoms with Crippen molar-refractivity contribution in [1.29, 1.82) is 0 Å². The fourth-order valence-electron chi connectivity index (χ4n) is 2.34. The summed E-state index contributed by atoms with van der Waals surface area (Å²) in [4.78, 5) is 15.1. The highest BCUT2D eigenvalue weighted by atomic mass is 16.5. The number of pyridine rings is 1. The Morgan fingerprint density at radius 3 is 3.00 bits per heavy atom. The lowest BCUT2D eigenvalue weighted by Gasteiger charge is -2.36. The summed E-state index contributed by atoms with van der Waals surface area (Å²) < 4.78 is 5.64. The molecule has 0 saturated carbocycles. The van der Waals surface area contributed by atoms with Gasteiger partial charge in [0.2, 0.25) is 0 Å². The molecule has 1 aromatic heterocycles. The molecular weight excluding hydrogens is 246 g/mol. The molecular formula is C13H19N3O3. The predicted molar refractivity (Wildman–Crippen MR) is 72.3 cm³/mol. The number of nitrogens with one attached hydrogen (secondary N) is 1. The van der Waals surface area contributed by atoms with Gasteiger partial charge in [-0.1, -0.05) is 0 Å². The van der Waals surface area contributed by atoms with Gasteiger partial charge in [0, 0.05) is 12.6 Å². The van der Waals surface area contributed by atoms with E-state index in [-0.39, 0.29) is 23.0 Å². The zero-order chi connectivity index (χ0) is 14.0. The van der Waals surface area contributed by atoms with E-state index in [1.807, 2.05) is 13.8 Å². The molecule has 0 aliphatic carbocycles. The SMILES string of the molecule is CC1(C)CC(Nc2cnc(N)cc2C(=O)O)CCO1. The normalized spacial score (nSPS) is 21.9. The summed E-state index contributed by atoms with van der Waals surface area (Å²) >= 11 is 0. The van der Waals surface area contributed by atoms with Crippen molar-refractivity contribution in [2.24, 2.45) is 0 Å². The van der Waals surface area contributed by atoms with Crippen molar-refractivity contribution >= 4 is 17.5 Å². The summed E-state index contributed by atoms with van der Waals surface area (Å²) in [6.07, 6.45) is 3.13. The van der Waals surface area contributed by atoms with Crippen molar-refractivity contribution < 1.29 is 14.6 Å². The summed E-state index contributed by atoms with van der Waals surface area (Å²) in [7, 11) is 0. The second-order valence-electron chi connectivity index (χ2n) is 5.40. The zero-order valence-corrected chi connectivity index (χ0v) is 11.1. The second kappa shape index (κ2) is 5.05. The van der Waals surface area contributed by atoms with Gasteiger partial charge in [-0.2, -0.15) is 0 Å². The molecule has 4 N–H and O–H groups in total. The molecule has 1 unspecified atom stereocenters. The molecule has 2 rings (SSSR count). The van der Waals surface area contributed by atoms with Crippen LogP contribution in [0.2, 0.25) is 0 Å². The van der Waals surface area contributed by atoms with Crippen LogP contribution in [0.25, 0.3) is 0 Å². The topological polar surface area (TPSA) is 97.5 Å². The van der Waals surface area contributed by atoms with E-state index in [0.29, 0.717) is 12.3 Å². The number of hydrogen-bond donors (Lipinski definition) is 3. The third-order valence-corrected chi connectivity index (χ3v) is 3.21. The van der Waals surface area contributed by atoms with E-state index in [4.69, 9.17) is 10.5 Å². The van der Waals surface area contributed by atoms with Crippen LogP contribution in [-0.4, -0.2) is 34.3 Å². The van der Waals surface area contributed by atoms with Crippen LogP contribution in [0.1, 0.15) is 37.0 Å². The lowest BCUT2D eigenvalue weighted by molar-refractivity contribution is -0.0553. The number of nitrogens with two attached hydrogens (primary N) is 1. The van der Waals surface area contributed by atoms with E-state index < -0.39 is 5.97 Å². The smallest absolute Gasteiger partial charge is 0.337 e. The molecule has 19 heavy (non-hydrogen) atoms. The number of carboxylic acid groups (broad SMARTS) is 1. The molecule has 104 valence electrons. The summed E-state index contributed by atoms with van der Waals surface area (Å²) in [6, 6.07) is 1.54. The Bertz CT molecular complexity index is 488. The molecule has 1 aliphatic rings. The van der Waals surface area contributed by atoms with Crippen LogP contribution in [0.15, 0.2) is 12.3 Å². The Kier molecular flexibility index (Phi) is 3.61. The van der Waals surface area contributed by atoms with Gasteiger partial charge in [0.1, 0.15) is 5.82 Å². The summed E-state index contributed by atoms with van der Waals surface area (Å²) in [5.41, 5.74) is 5.98. The van der Waals surface area contributed by atoms with Gasteiger partial charge in [0.15, 0.2) is 0 Å². The Balaban J connectivity index is 2.17. The van der Waals surface area contributed by atoms with Crippen LogP contribution in [0, 0.1) is 0 Å². The fourth-order valence-corrected chi connectivity index (χ4v) is 2.34. The lowest BCUT2D eigenvalue weighted by Crippen LogP contribution is -2.40. The lowest BCUT2D eigenvalue weighted by atomic mass is 9.93. The Morgan fingerprint density at radius 2 is 2.37 bits per heavy atom. The van der Waals surface area contributed by atoms with Crippen molar-refractivity contribution in [2.75, 3.05) is 17.7 Å². The van der Waals surface area contributed by atoms with Gasteiger partial charge in [0.05, 0.1) is 23.0 Å². The first-order valence-electron chi connectivity index (χ1n) is 6.27. The molecule has 1 atom stereocenters. The molecule has 1 fully saturated rings. The molecule has 0 spiro atoms. The predicted octanol–water partition coefficient (Wildman–Crippen LogP) is 1.73. The summed E-state index contributed by atoms with van der Waals surface area (Å²) in [5, 5.41) is 12.4. The molecule has 0 radical (unpaired) electrons. The Morgan fingerprint density at radius 1 is 1.63 bits per heavy atom. The summed E-state index contributed by atoms with van der Waals surface area (Å²) in [5.74, 6) is -0.807. The number of aromatic carboxylic acids is 1. The highest BCUT2D eigenvalue weighted by molar-refractivity contribution is 5.94. The molecule has 0 amide bonds. The minimum Gasteiger partial charge on any atom is -0.478 e. The number of hydrogen-bond acceptors (Lipinski definition) is 5. The van der Waals surface area contributed by atoms with Crippen LogP contribution >= 0.6 is 0 Å². The first-order chi connectivity index (χ1) is 8.87. The van der Waals surface area contributed by atoms with Crippen molar-refractivity contribution in [3.05, 3.63) is 17.8 Å². The van der Waals surface area contributed by atoms with Gasteiger partial charge in [-0.3, -0.25) is 0 Å². The van der Waals surface area contributed by atoms with E-state index in [9.17, 15) is 9.90 Å². The minimum atomic E-state index is -1.01. The number of ether oxygens (including phenoxy) is 1. The standard InChI is InChI=1S/C13H19N3O3/c1-13(2)6-8(3-4-19-13)16-10-7-15-11(14)5-9(10)12(17)18/h5,7-8,16H,3-4,6H2,1-2H3,(H2,14,15)(H,17,18). The molecule has 6 heteroatoms. The minimum absolute atomic E-state index is 0.150. The Hall–Kier alpha value is -1.82. The maximum atomic E-state index is 11.2. The number of carbonyl (C=O) groups is 1. The molecule has 1 saturated heterocycles. The van der Waals surface area contributed by atoms with Gasteiger partial charge in [-0.25, -0.2) is 9.78 Å². The third kappa shape index (κ3) is 3.35. The van der Waals surface area contributed by atoms with Crippen molar-refractivity contribution in [3.63, 3.8) is 0 Å². The second-order valence-corrected chi connectivity index (χ2v) is 5.40. The average molecular weight is 265 g/mol. The highest BCUT2D eigenvalue weighted by Gasteiger charge is 2.29. The maximum absolute atomic E-state index is 11.2. The van der Waals surface area contributed by atoms with E-state index in [0.717, 1.165) is 12.8 Å². The van der Waals surface area contributed by atoms with Crippen LogP contribution in [-0.2, 0) is 4.74 Å². The molecule has 0 aromatic carbocycles. The van der Waals surface area contributed by atoms with Crippen LogP contribution in [0.5, 0.6) is 0 Å². The molecule has 6 nitrogen and oxygen atoms in total. The first-order valence-corrected chi connectivity index (χ1v) is 6.27. The maximum Gasteiger partial charge on any atom is 0.337 e. The van der Waals surface area contributed by atoms with Crippen molar-refractivity contribution in [1.82, 2.24) is 4.98 Å². The van der Waals surface area contributed by atoms with Gasteiger partial charge in [-0.05, 0) is 32.8 Å². The van der Waals surface area contributed by atoms with Crippen LogP contribution in [0.4, 0.5) is 11.5 Å². The highest BCUT2D eigenvalue weighted by Crippen LogP contribution is 2.27. The van der Waals surface area contributed by atoms with E-state index in [2.05, 4.69) is 10.3 Å². The zero-order valence-electron chi connectivity index (χ0n) is 11.1. The number of rotatable bonds is 3. The van der Waals surface area contributed by atoms with Crippen molar-refractivity contribution in [2.45, 2.75) is 38.3 Å². The average Bonchev–Trinajstić information content (AvgIpc) is 2.30. The monoisotopic (exact) mass is 265 g/mol. The number of aromatic nitrogens is 1. The number of carboxylic acids is 1. The summed E-state index contributed by atoms with van der Waals surface area (Å²) in [6.45, 7) is 4.72. The van der Waals surface area contributed by atoms with Gasteiger partial charge < -0.3 is 20.9 Å². The van der Waals surface area contributed by atoms with Crippen molar-refractivity contribution in [3.8, 4) is 0 Å². The fraction of sp³-hybridized carbons (Fsp3) is 0.538.